The minimum Gasteiger partial charge on any atom is -0.467 e. The summed E-state index contributed by atoms with van der Waals surface area (Å²) in [7, 11) is 0. The second-order valence-electron chi connectivity index (χ2n) is 5.22. The second-order valence-corrected chi connectivity index (χ2v) is 5.22. The first-order chi connectivity index (χ1) is 11.1. The highest BCUT2D eigenvalue weighted by atomic mass is 16.3. The van der Waals surface area contributed by atoms with Crippen LogP contribution in [-0.2, 0) is 0 Å². The van der Waals surface area contributed by atoms with E-state index in [1.54, 1.807) is 31.4 Å². The van der Waals surface area contributed by atoms with Gasteiger partial charge in [-0.25, -0.2) is 0 Å². The molecule has 2 N–H and O–H groups in total. The molecule has 3 rings (SSSR count). The number of pyridine rings is 1. The number of rotatable bonds is 4. The van der Waals surface area contributed by atoms with Gasteiger partial charge in [0.05, 0.1) is 6.26 Å². The Bertz CT molecular complexity index is 851. The fourth-order valence-electron chi connectivity index (χ4n) is 2.38. The average molecular weight is 308 g/mol. The Balaban J connectivity index is 1.93. The van der Waals surface area contributed by atoms with Crippen LogP contribution in [0.2, 0.25) is 0 Å². The van der Waals surface area contributed by atoms with E-state index < -0.39 is 17.5 Å². The number of H-pyrrole nitrogens is 1. The highest BCUT2D eigenvalue weighted by Gasteiger charge is 2.21. The molecule has 0 spiro atoms. The first-order valence-electron chi connectivity index (χ1n) is 7.24. The van der Waals surface area contributed by atoms with Crippen molar-refractivity contribution in [1.82, 2.24) is 10.3 Å². The molecule has 5 heteroatoms. The number of furan rings is 1. The van der Waals surface area contributed by atoms with E-state index >= 15 is 0 Å². The molecule has 23 heavy (non-hydrogen) atoms. The quantitative estimate of drug-likeness (QED) is 0.778. The van der Waals surface area contributed by atoms with Crippen LogP contribution in [0.25, 0.3) is 0 Å². The van der Waals surface area contributed by atoms with Crippen LogP contribution in [0.3, 0.4) is 0 Å². The molecule has 0 aliphatic carbocycles. The standard InChI is InChI=1S/C18H16N2O3/c1-12-9-10-14(17(21)19-12)18(22)20-16(15-8-5-11-23-15)13-6-3-2-4-7-13/h2-11,16H,1H3,(H,19,21)(H,20,22)/t16-/m0/s1. The molecule has 1 atom stereocenters. The second kappa shape index (κ2) is 6.36. The van der Waals surface area contributed by atoms with E-state index in [9.17, 15) is 9.59 Å². The molecule has 116 valence electrons. The predicted octanol–water partition coefficient (Wildman–Crippen LogP) is 2.80. The number of benzene rings is 1. The molecule has 0 aliphatic heterocycles. The van der Waals surface area contributed by atoms with Gasteiger partial charge in [0.2, 0.25) is 0 Å². The Morgan fingerprint density at radius 2 is 1.87 bits per heavy atom. The largest absolute Gasteiger partial charge is 0.467 e. The van der Waals surface area contributed by atoms with Crippen LogP contribution >= 0.6 is 0 Å². The smallest absolute Gasteiger partial charge is 0.260 e. The summed E-state index contributed by atoms with van der Waals surface area (Å²) in [5, 5.41) is 2.86. The molecule has 1 aromatic carbocycles. The predicted molar refractivity (Wildman–Crippen MR) is 86.3 cm³/mol. The fourth-order valence-corrected chi connectivity index (χ4v) is 2.38. The third kappa shape index (κ3) is 3.23. The first kappa shape index (κ1) is 14.8. The number of amides is 1. The van der Waals surface area contributed by atoms with Crippen LogP contribution in [0.1, 0.15) is 33.4 Å². The highest BCUT2D eigenvalue weighted by Crippen LogP contribution is 2.22. The lowest BCUT2D eigenvalue weighted by Crippen LogP contribution is -2.33. The molecule has 0 radical (unpaired) electrons. The van der Waals surface area contributed by atoms with Gasteiger partial charge >= 0.3 is 0 Å². The molecule has 0 bridgehead atoms. The molecular formula is C18H16N2O3. The topological polar surface area (TPSA) is 75.1 Å². The lowest BCUT2D eigenvalue weighted by Gasteiger charge is -2.17. The summed E-state index contributed by atoms with van der Waals surface area (Å²) in [4.78, 5) is 27.1. The molecule has 2 heterocycles. The Morgan fingerprint density at radius 3 is 2.52 bits per heavy atom. The van der Waals surface area contributed by atoms with Gasteiger partial charge in [-0.3, -0.25) is 9.59 Å². The molecule has 0 unspecified atom stereocenters. The normalized spacial score (nSPS) is 11.9. The van der Waals surface area contributed by atoms with E-state index in [1.807, 2.05) is 30.3 Å². The van der Waals surface area contributed by atoms with E-state index in [2.05, 4.69) is 10.3 Å². The third-order valence-electron chi connectivity index (χ3n) is 3.54. The molecule has 0 saturated carbocycles. The van der Waals surface area contributed by atoms with Crippen LogP contribution in [0.15, 0.2) is 70.1 Å². The maximum Gasteiger partial charge on any atom is 0.260 e. The number of hydrogen-bond acceptors (Lipinski definition) is 3. The van der Waals surface area contributed by atoms with Gasteiger partial charge in [-0.05, 0) is 36.8 Å². The van der Waals surface area contributed by atoms with Crippen molar-refractivity contribution < 1.29 is 9.21 Å². The SMILES string of the molecule is Cc1ccc(C(=O)N[C@@H](c2ccccc2)c2ccco2)c(=O)[nH]1. The van der Waals surface area contributed by atoms with Crippen LogP contribution in [-0.4, -0.2) is 10.9 Å². The molecule has 2 aromatic heterocycles. The van der Waals surface area contributed by atoms with Crippen molar-refractivity contribution in [2.45, 2.75) is 13.0 Å². The zero-order valence-electron chi connectivity index (χ0n) is 12.6. The molecule has 3 aromatic rings. The van der Waals surface area contributed by atoms with Crippen molar-refractivity contribution >= 4 is 5.91 Å². The number of carbonyl (C=O) groups is 1. The highest BCUT2D eigenvalue weighted by molar-refractivity contribution is 5.94. The van der Waals surface area contributed by atoms with E-state index in [1.165, 1.54) is 6.07 Å². The van der Waals surface area contributed by atoms with Gasteiger partial charge in [-0.1, -0.05) is 30.3 Å². The molecular weight excluding hydrogens is 292 g/mol. The summed E-state index contributed by atoms with van der Waals surface area (Å²) in [5.41, 5.74) is 1.24. The van der Waals surface area contributed by atoms with Crippen molar-refractivity contribution in [2.75, 3.05) is 0 Å². The molecule has 0 aliphatic rings. The Kier molecular flexibility index (Phi) is 4.10. The number of carbonyl (C=O) groups excluding carboxylic acids is 1. The van der Waals surface area contributed by atoms with Gasteiger partial charge in [0.1, 0.15) is 17.4 Å². The molecule has 0 saturated heterocycles. The van der Waals surface area contributed by atoms with Gasteiger partial charge in [0.15, 0.2) is 0 Å². The van der Waals surface area contributed by atoms with Gasteiger partial charge in [-0.15, -0.1) is 0 Å². The van der Waals surface area contributed by atoms with E-state index in [-0.39, 0.29) is 5.56 Å². The third-order valence-corrected chi connectivity index (χ3v) is 3.54. The lowest BCUT2D eigenvalue weighted by molar-refractivity contribution is 0.0937. The Labute approximate surface area is 133 Å². The van der Waals surface area contributed by atoms with Gasteiger partial charge in [0, 0.05) is 5.69 Å². The van der Waals surface area contributed by atoms with Crippen molar-refractivity contribution in [3.05, 3.63) is 93.8 Å². The van der Waals surface area contributed by atoms with Crippen molar-refractivity contribution in [3.63, 3.8) is 0 Å². The summed E-state index contributed by atoms with van der Waals surface area (Å²) in [6.45, 7) is 1.76. The number of nitrogens with one attached hydrogen (secondary N) is 2. The molecule has 0 fully saturated rings. The monoisotopic (exact) mass is 308 g/mol. The van der Waals surface area contributed by atoms with E-state index in [0.29, 0.717) is 11.5 Å². The summed E-state index contributed by atoms with van der Waals surface area (Å²) < 4.78 is 5.44. The van der Waals surface area contributed by atoms with Crippen molar-refractivity contribution in [2.24, 2.45) is 0 Å². The Morgan fingerprint density at radius 1 is 1.09 bits per heavy atom. The zero-order valence-corrected chi connectivity index (χ0v) is 12.6. The summed E-state index contributed by atoms with van der Waals surface area (Å²) in [6, 6.07) is 15.8. The first-order valence-corrected chi connectivity index (χ1v) is 7.24. The van der Waals surface area contributed by atoms with E-state index in [4.69, 9.17) is 4.42 Å². The average Bonchev–Trinajstić information content (AvgIpc) is 3.07. The lowest BCUT2D eigenvalue weighted by atomic mass is 10.0. The summed E-state index contributed by atoms with van der Waals surface area (Å²) in [5.74, 6) is 0.157. The summed E-state index contributed by atoms with van der Waals surface area (Å²) in [6.07, 6.45) is 1.55. The van der Waals surface area contributed by atoms with E-state index in [0.717, 1.165) is 5.56 Å². The van der Waals surface area contributed by atoms with Crippen LogP contribution in [0, 0.1) is 6.92 Å². The zero-order chi connectivity index (χ0) is 16.2. The van der Waals surface area contributed by atoms with Crippen LogP contribution in [0.5, 0.6) is 0 Å². The number of aromatic amines is 1. The maximum atomic E-state index is 12.5. The van der Waals surface area contributed by atoms with Crippen LogP contribution < -0.4 is 10.9 Å². The van der Waals surface area contributed by atoms with Crippen molar-refractivity contribution in [1.29, 1.82) is 0 Å². The molecule has 1 amide bonds. The fraction of sp³-hybridized carbons (Fsp3) is 0.111. The van der Waals surface area contributed by atoms with Gasteiger partial charge in [0.25, 0.3) is 11.5 Å². The Hall–Kier alpha value is -3.08. The number of aromatic nitrogens is 1. The maximum absolute atomic E-state index is 12.5. The number of hydrogen-bond donors (Lipinski definition) is 2. The molecule has 5 nitrogen and oxygen atoms in total. The van der Waals surface area contributed by atoms with Gasteiger partial charge < -0.3 is 14.7 Å². The van der Waals surface area contributed by atoms with Gasteiger partial charge in [-0.2, -0.15) is 0 Å². The summed E-state index contributed by atoms with van der Waals surface area (Å²) >= 11 is 0. The minimum absolute atomic E-state index is 0.0723. The van der Waals surface area contributed by atoms with Crippen LogP contribution in [0.4, 0.5) is 0 Å². The number of aryl methyl sites for hydroxylation is 1. The minimum atomic E-state index is -0.459. The van der Waals surface area contributed by atoms with Crippen molar-refractivity contribution in [3.8, 4) is 0 Å².